The Labute approximate surface area is 55.1 Å². The average Bonchev–Trinajstić information content (AvgIpc) is 1.80. The van der Waals surface area contributed by atoms with Gasteiger partial charge in [-0.15, -0.1) is 0 Å². The van der Waals surface area contributed by atoms with Crippen LogP contribution >= 0.6 is 0 Å². The van der Waals surface area contributed by atoms with Crippen molar-refractivity contribution in [3.63, 3.8) is 0 Å². The van der Waals surface area contributed by atoms with Crippen LogP contribution in [0.3, 0.4) is 0 Å². The van der Waals surface area contributed by atoms with E-state index in [2.05, 4.69) is 0 Å². The van der Waals surface area contributed by atoms with Crippen LogP contribution in [0.15, 0.2) is 12.2 Å². The molecule has 1 aliphatic rings. The topological polar surface area (TPSA) is 29.5 Å². The molecule has 0 fully saturated rings. The number of ether oxygens (including phenoxy) is 1. The predicted molar refractivity (Wildman–Crippen MR) is 35.2 cm³/mol. The predicted octanol–water partition coefficient (Wildman–Crippen LogP) is 0.711. The van der Waals surface area contributed by atoms with Gasteiger partial charge in [0, 0.05) is 0 Å². The lowest BCUT2D eigenvalue weighted by molar-refractivity contribution is -0.0388. The van der Waals surface area contributed by atoms with Gasteiger partial charge in [-0.05, 0) is 13.8 Å². The summed E-state index contributed by atoms with van der Waals surface area (Å²) in [5.74, 6) is 0. The molecule has 0 aromatic carbocycles. The van der Waals surface area contributed by atoms with Crippen molar-refractivity contribution >= 4 is 0 Å². The second-order valence-electron chi connectivity index (χ2n) is 2.42. The van der Waals surface area contributed by atoms with E-state index in [0.717, 1.165) is 0 Å². The van der Waals surface area contributed by atoms with Crippen molar-refractivity contribution in [3.05, 3.63) is 12.2 Å². The van der Waals surface area contributed by atoms with Crippen molar-refractivity contribution in [2.75, 3.05) is 0 Å². The van der Waals surface area contributed by atoms with Gasteiger partial charge in [0.2, 0.25) is 0 Å². The molecule has 0 aromatic heterocycles. The fourth-order valence-corrected chi connectivity index (χ4v) is 0.891. The Kier molecular flexibility index (Phi) is 1.88. The molecular weight excluding hydrogens is 116 g/mol. The van der Waals surface area contributed by atoms with Crippen LogP contribution in [-0.2, 0) is 4.74 Å². The minimum atomic E-state index is -0.416. The fourth-order valence-electron chi connectivity index (χ4n) is 0.891. The van der Waals surface area contributed by atoms with Gasteiger partial charge in [0.15, 0.2) is 0 Å². The summed E-state index contributed by atoms with van der Waals surface area (Å²) in [6.45, 7) is 3.82. The third-order valence-electron chi connectivity index (χ3n) is 1.49. The molecule has 3 atom stereocenters. The van der Waals surface area contributed by atoms with E-state index in [9.17, 15) is 0 Å². The molecule has 52 valence electrons. The lowest BCUT2D eigenvalue weighted by atomic mass is 10.1. The Bertz CT molecular complexity index is 120. The molecule has 1 rings (SSSR count). The van der Waals surface area contributed by atoms with Crippen LogP contribution in [0.5, 0.6) is 0 Å². The zero-order valence-electron chi connectivity index (χ0n) is 5.74. The van der Waals surface area contributed by atoms with Crippen molar-refractivity contribution in [3.8, 4) is 0 Å². The fraction of sp³-hybridized carbons (Fsp3) is 0.714. The van der Waals surface area contributed by atoms with Crippen molar-refractivity contribution < 1.29 is 9.84 Å². The molecule has 0 aliphatic carbocycles. The molecule has 1 heterocycles. The van der Waals surface area contributed by atoms with Gasteiger partial charge >= 0.3 is 0 Å². The first kappa shape index (κ1) is 6.78. The molecule has 2 nitrogen and oxygen atoms in total. The molecule has 2 heteroatoms. The maximum atomic E-state index is 9.08. The normalized spacial score (nSPS) is 43.2. The second kappa shape index (κ2) is 2.50. The summed E-state index contributed by atoms with van der Waals surface area (Å²) in [5.41, 5.74) is 0. The maximum absolute atomic E-state index is 9.08. The first-order chi connectivity index (χ1) is 4.20. The highest BCUT2D eigenvalue weighted by molar-refractivity contribution is 4.99. The van der Waals surface area contributed by atoms with Gasteiger partial charge in [0.1, 0.15) is 0 Å². The van der Waals surface area contributed by atoms with Gasteiger partial charge in [0.25, 0.3) is 0 Å². The largest absolute Gasteiger partial charge is 0.386 e. The monoisotopic (exact) mass is 128 g/mol. The SMILES string of the molecule is CC1C=CC(O)C(C)O1. The summed E-state index contributed by atoms with van der Waals surface area (Å²) in [6, 6.07) is 0. The summed E-state index contributed by atoms with van der Waals surface area (Å²) >= 11 is 0. The van der Waals surface area contributed by atoms with E-state index in [1.165, 1.54) is 0 Å². The van der Waals surface area contributed by atoms with Crippen molar-refractivity contribution in [2.24, 2.45) is 0 Å². The summed E-state index contributed by atoms with van der Waals surface area (Å²) in [6.07, 6.45) is 3.33. The smallest absolute Gasteiger partial charge is 0.0981 e. The number of aliphatic hydroxyl groups is 1. The number of hydrogen-bond acceptors (Lipinski definition) is 2. The van der Waals surface area contributed by atoms with Crippen LogP contribution in [0.4, 0.5) is 0 Å². The highest BCUT2D eigenvalue weighted by Crippen LogP contribution is 2.10. The van der Waals surface area contributed by atoms with E-state index in [-0.39, 0.29) is 12.2 Å². The number of aliphatic hydroxyl groups excluding tert-OH is 1. The quantitative estimate of drug-likeness (QED) is 0.487. The zero-order chi connectivity index (χ0) is 6.85. The van der Waals surface area contributed by atoms with Gasteiger partial charge in [-0.1, -0.05) is 12.2 Å². The average molecular weight is 128 g/mol. The molecule has 0 saturated heterocycles. The molecule has 1 aliphatic heterocycles. The highest BCUT2D eigenvalue weighted by Gasteiger charge is 2.17. The van der Waals surface area contributed by atoms with Gasteiger partial charge in [0.05, 0.1) is 18.3 Å². The van der Waals surface area contributed by atoms with Gasteiger partial charge in [-0.3, -0.25) is 0 Å². The van der Waals surface area contributed by atoms with Gasteiger partial charge < -0.3 is 9.84 Å². The second-order valence-corrected chi connectivity index (χ2v) is 2.42. The first-order valence-electron chi connectivity index (χ1n) is 3.22. The Hall–Kier alpha value is -0.340. The van der Waals surface area contributed by atoms with Gasteiger partial charge in [-0.2, -0.15) is 0 Å². The van der Waals surface area contributed by atoms with E-state index >= 15 is 0 Å². The van der Waals surface area contributed by atoms with E-state index in [1.807, 2.05) is 19.9 Å². The molecule has 1 N–H and O–H groups in total. The van der Waals surface area contributed by atoms with Crippen LogP contribution in [0, 0.1) is 0 Å². The lowest BCUT2D eigenvalue weighted by Crippen LogP contribution is -2.31. The van der Waals surface area contributed by atoms with Crippen LogP contribution in [0.1, 0.15) is 13.8 Å². The van der Waals surface area contributed by atoms with E-state index < -0.39 is 6.10 Å². The third kappa shape index (κ3) is 1.53. The van der Waals surface area contributed by atoms with Crippen LogP contribution in [0.2, 0.25) is 0 Å². The Morgan fingerprint density at radius 3 is 2.44 bits per heavy atom. The molecule has 0 saturated carbocycles. The number of rotatable bonds is 0. The van der Waals surface area contributed by atoms with Crippen LogP contribution in [-0.4, -0.2) is 23.4 Å². The Morgan fingerprint density at radius 2 is 2.00 bits per heavy atom. The van der Waals surface area contributed by atoms with Crippen molar-refractivity contribution in [1.29, 1.82) is 0 Å². The summed E-state index contributed by atoms with van der Waals surface area (Å²) in [7, 11) is 0. The van der Waals surface area contributed by atoms with E-state index in [1.54, 1.807) is 6.08 Å². The Morgan fingerprint density at radius 1 is 1.33 bits per heavy atom. The lowest BCUT2D eigenvalue weighted by Gasteiger charge is -2.24. The van der Waals surface area contributed by atoms with E-state index in [4.69, 9.17) is 9.84 Å². The molecule has 0 radical (unpaired) electrons. The standard InChI is InChI=1S/C7H12O2/c1-5-3-4-7(8)6(2)9-5/h3-8H,1-2H3. The first-order valence-corrected chi connectivity index (χ1v) is 3.22. The third-order valence-corrected chi connectivity index (χ3v) is 1.49. The molecule has 0 spiro atoms. The minimum Gasteiger partial charge on any atom is -0.386 e. The molecule has 0 bridgehead atoms. The highest BCUT2D eigenvalue weighted by atomic mass is 16.5. The van der Waals surface area contributed by atoms with Crippen molar-refractivity contribution in [1.82, 2.24) is 0 Å². The maximum Gasteiger partial charge on any atom is 0.0981 e. The minimum absolute atomic E-state index is 0.0509. The molecule has 0 amide bonds. The van der Waals surface area contributed by atoms with Crippen LogP contribution in [0.25, 0.3) is 0 Å². The molecule has 3 unspecified atom stereocenters. The van der Waals surface area contributed by atoms with Crippen molar-refractivity contribution in [2.45, 2.75) is 32.2 Å². The van der Waals surface area contributed by atoms with Gasteiger partial charge in [-0.25, -0.2) is 0 Å². The molecule has 9 heavy (non-hydrogen) atoms. The zero-order valence-corrected chi connectivity index (χ0v) is 5.74. The molecule has 0 aromatic rings. The molecular formula is C7H12O2. The van der Waals surface area contributed by atoms with Crippen LogP contribution < -0.4 is 0 Å². The summed E-state index contributed by atoms with van der Waals surface area (Å²) < 4.78 is 5.26. The summed E-state index contributed by atoms with van der Waals surface area (Å²) in [4.78, 5) is 0. The Balaban J connectivity index is 2.54. The van der Waals surface area contributed by atoms with E-state index in [0.29, 0.717) is 0 Å². The number of hydrogen-bond donors (Lipinski definition) is 1. The summed E-state index contributed by atoms with van der Waals surface area (Å²) in [5, 5.41) is 9.08.